The molecule has 0 heterocycles. The maximum absolute atomic E-state index is 13.0. The fourth-order valence-corrected chi connectivity index (χ4v) is 4.31. The number of carbonyl (C=O) groups is 2. The lowest BCUT2D eigenvalue weighted by Crippen LogP contribution is -2.27. The molecule has 0 aliphatic heterocycles. The topological polar surface area (TPSA) is 102 Å². The predicted octanol–water partition coefficient (Wildman–Crippen LogP) is 3.97. The van der Waals surface area contributed by atoms with Crippen LogP contribution in [-0.2, 0) is 19.6 Å². The van der Waals surface area contributed by atoms with E-state index in [0.717, 1.165) is 4.31 Å². The average Bonchev–Trinajstić information content (AvgIpc) is 2.82. The molecule has 1 amide bonds. The van der Waals surface area contributed by atoms with Gasteiger partial charge in [-0.2, -0.15) is 0 Å². The van der Waals surface area contributed by atoms with Crippen LogP contribution >= 0.6 is 11.6 Å². The summed E-state index contributed by atoms with van der Waals surface area (Å²) in [6.45, 7) is -0.512. The SMILES string of the molecule is COc1ccccc1N(C)S(=O)(=O)c1ccc(C(=O)OCC(=O)Nc2cccc(Cl)c2)cc1. The molecule has 0 bridgehead atoms. The quantitative estimate of drug-likeness (QED) is 0.481. The third-order valence-electron chi connectivity index (χ3n) is 4.62. The van der Waals surface area contributed by atoms with Gasteiger partial charge < -0.3 is 14.8 Å². The van der Waals surface area contributed by atoms with Crippen molar-refractivity contribution in [3.63, 3.8) is 0 Å². The molecule has 0 fully saturated rings. The highest BCUT2D eigenvalue weighted by molar-refractivity contribution is 7.92. The highest BCUT2D eigenvalue weighted by atomic mass is 35.5. The van der Waals surface area contributed by atoms with Crippen LogP contribution in [0.15, 0.2) is 77.7 Å². The zero-order valence-corrected chi connectivity index (χ0v) is 19.4. The fraction of sp³-hybridized carbons (Fsp3) is 0.130. The maximum atomic E-state index is 13.0. The molecule has 3 aromatic carbocycles. The monoisotopic (exact) mass is 488 g/mol. The van der Waals surface area contributed by atoms with Crippen molar-refractivity contribution in [1.82, 2.24) is 0 Å². The van der Waals surface area contributed by atoms with E-state index in [-0.39, 0.29) is 10.5 Å². The normalized spacial score (nSPS) is 10.9. The lowest BCUT2D eigenvalue weighted by Gasteiger charge is -2.21. The maximum Gasteiger partial charge on any atom is 0.338 e. The molecule has 172 valence electrons. The van der Waals surface area contributed by atoms with Gasteiger partial charge in [0.25, 0.3) is 15.9 Å². The number of rotatable bonds is 8. The Morgan fingerprint density at radius 3 is 2.36 bits per heavy atom. The molecule has 0 atom stereocenters. The summed E-state index contributed by atoms with van der Waals surface area (Å²) >= 11 is 5.86. The number of nitrogens with one attached hydrogen (secondary N) is 1. The number of anilines is 2. The minimum absolute atomic E-state index is 0.0221. The Labute approximate surface area is 196 Å². The molecule has 8 nitrogen and oxygen atoms in total. The van der Waals surface area contributed by atoms with Crippen molar-refractivity contribution < 1.29 is 27.5 Å². The molecule has 0 aromatic heterocycles. The van der Waals surface area contributed by atoms with Crippen LogP contribution in [0.4, 0.5) is 11.4 Å². The number of hydrogen-bond acceptors (Lipinski definition) is 6. The average molecular weight is 489 g/mol. The van der Waals surface area contributed by atoms with Crippen molar-refractivity contribution in [2.45, 2.75) is 4.90 Å². The Kier molecular flexibility index (Phi) is 7.57. The Hall–Kier alpha value is -3.56. The Morgan fingerprint density at radius 1 is 1.00 bits per heavy atom. The fourth-order valence-electron chi connectivity index (χ4n) is 2.92. The van der Waals surface area contributed by atoms with Crippen LogP contribution in [0.5, 0.6) is 5.75 Å². The largest absolute Gasteiger partial charge is 0.495 e. The molecule has 0 radical (unpaired) electrons. The summed E-state index contributed by atoms with van der Waals surface area (Å²) < 4.78 is 37.3. The highest BCUT2D eigenvalue weighted by Gasteiger charge is 2.24. The van der Waals surface area contributed by atoms with Crippen LogP contribution in [0.3, 0.4) is 0 Å². The van der Waals surface area contributed by atoms with Crippen LogP contribution in [0.1, 0.15) is 10.4 Å². The summed E-state index contributed by atoms with van der Waals surface area (Å²) in [6, 6.07) is 18.5. The number of para-hydroxylation sites is 2. The first kappa shape index (κ1) is 24.1. The number of hydrogen-bond donors (Lipinski definition) is 1. The number of sulfonamides is 1. The van der Waals surface area contributed by atoms with Gasteiger partial charge in [0.15, 0.2) is 6.61 Å². The zero-order chi connectivity index (χ0) is 24.0. The van der Waals surface area contributed by atoms with Gasteiger partial charge in [-0.1, -0.05) is 29.8 Å². The van der Waals surface area contributed by atoms with E-state index in [9.17, 15) is 18.0 Å². The van der Waals surface area contributed by atoms with E-state index in [0.29, 0.717) is 22.1 Å². The van der Waals surface area contributed by atoms with E-state index < -0.39 is 28.5 Å². The number of esters is 1. The summed E-state index contributed by atoms with van der Waals surface area (Å²) in [5.41, 5.74) is 0.941. The van der Waals surface area contributed by atoms with Crippen molar-refractivity contribution >= 4 is 44.9 Å². The molecule has 0 aliphatic carbocycles. The second kappa shape index (κ2) is 10.4. The molecule has 3 rings (SSSR count). The summed E-state index contributed by atoms with van der Waals surface area (Å²) in [5.74, 6) is -0.902. The van der Waals surface area contributed by atoms with Crippen molar-refractivity contribution in [1.29, 1.82) is 0 Å². The van der Waals surface area contributed by atoms with Crippen LogP contribution < -0.4 is 14.4 Å². The van der Waals surface area contributed by atoms with E-state index in [1.165, 1.54) is 38.4 Å². The lowest BCUT2D eigenvalue weighted by molar-refractivity contribution is -0.119. The highest BCUT2D eigenvalue weighted by Crippen LogP contribution is 2.30. The Bertz CT molecular complexity index is 1260. The van der Waals surface area contributed by atoms with Crippen molar-refractivity contribution in [3.8, 4) is 5.75 Å². The van der Waals surface area contributed by atoms with Crippen molar-refractivity contribution in [3.05, 3.63) is 83.4 Å². The van der Waals surface area contributed by atoms with Gasteiger partial charge in [-0.3, -0.25) is 9.10 Å². The van der Waals surface area contributed by atoms with Gasteiger partial charge in [0.2, 0.25) is 0 Å². The smallest absolute Gasteiger partial charge is 0.338 e. The Balaban J connectivity index is 1.65. The summed E-state index contributed by atoms with van der Waals surface area (Å²) in [5, 5.41) is 3.02. The zero-order valence-electron chi connectivity index (χ0n) is 17.8. The van der Waals surface area contributed by atoms with Gasteiger partial charge in [0.05, 0.1) is 23.3 Å². The molecule has 10 heteroatoms. The number of benzene rings is 3. The number of carbonyl (C=O) groups excluding carboxylic acids is 2. The van der Waals surface area contributed by atoms with E-state index in [1.807, 2.05) is 0 Å². The molecular weight excluding hydrogens is 468 g/mol. The molecule has 0 saturated heterocycles. The lowest BCUT2D eigenvalue weighted by atomic mass is 10.2. The van der Waals surface area contributed by atoms with E-state index in [1.54, 1.807) is 48.5 Å². The van der Waals surface area contributed by atoms with E-state index >= 15 is 0 Å². The Morgan fingerprint density at radius 2 is 1.70 bits per heavy atom. The van der Waals surface area contributed by atoms with Crippen molar-refractivity contribution in [2.24, 2.45) is 0 Å². The second-order valence-electron chi connectivity index (χ2n) is 6.80. The van der Waals surface area contributed by atoms with Gasteiger partial charge >= 0.3 is 5.97 Å². The molecule has 0 aliphatic rings. The number of methoxy groups -OCH3 is 1. The van der Waals surface area contributed by atoms with E-state index in [2.05, 4.69) is 5.32 Å². The first-order valence-corrected chi connectivity index (χ1v) is 11.5. The molecule has 0 unspecified atom stereocenters. The number of nitrogens with zero attached hydrogens (tertiary/aromatic N) is 1. The van der Waals surface area contributed by atoms with Gasteiger partial charge in [0.1, 0.15) is 5.75 Å². The first-order valence-electron chi connectivity index (χ1n) is 9.67. The standard InChI is InChI=1S/C23H21ClN2O6S/c1-26(20-8-3-4-9-21(20)31-2)33(29,30)19-12-10-16(11-13-19)23(28)32-15-22(27)25-18-7-5-6-17(24)14-18/h3-14H,15H2,1-2H3,(H,25,27). The van der Waals surface area contributed by atoms with Gasteiger partial charge in [-0.05, 0) is 54.6 Å². The third kappa shape index (κ3) is 5.82. The third-order valence-corrected chi connectivity index (χ3v) is 6.64. The molecule has 33 heavy (non-hydrogen) atoms. The number of amides is 1. The second-order valence-corrected chi connectivity index (χ2v) is 9.21. The minimum Gasteiger partial charge on any atom is -0.495 e. The van der Waals surface area contributed by atoms with Crippen LogP contribution in [0.2, 0.25) is 5.02 Å². The van der Waals surface area contributed by atoms with Crippen LogP contribution in [0, 0.1) is 0 Å². The van der Waals surface area contributed by atoms with Gasteiger partial charge in [-0.25, -0.2) is 13.2 Å². The molecule has 0 saturated carbocycles. The molecule has 1 N–H and O–H groups in total. The van der Waals surface area contributed by atoms with Crippen LogP contribution in [-0.4, -0.2) is 41.1 Å². The van der Waals surface area contributed by atoms with Crippen LogP contribution in [0.25, 0.3) is 0 Å². The summed E-state index contributed by atoms with van der Waals surface area (Å²) in [6.07, 6.45) is 0. The van der Waals surface area contributed by atoms with Gasteiger partial charge in [-0.15, -0.1) is 0 Å². The number of ether oxygens (including phenoxy) is 2. The van der Waals surface area contributed by atoms with Gasteiger partial charge in [0, 0.05) is 17.8 Å². The minimum atomic E-state index is -3.90. The first-order chi connectivity index (χ1) is 15.7. The summed E-state index contributed by atoms with van der Waals surface area (Å²) in [7, 11) is -1.04. The molecular formula is C23H21ClN2O6S. The molecule has 0 spiro atoms. The summed E-state index contributed by atoms with van der Waals surface area (Å²) in [4.78, 5) is 24.2. The van der Waals surface area contributed by atoms with E-state index in [4.69, 9.17) is 21.1 Å². The number of halogens is 1. The van der Waals surface area contributed by atoms with Crippen molar-refractivity contribution in [2.75, 3.05) is 30.4 Å². The predicted molar refractivity (Wildman–Crippen MR) is 125 cm³/mol. The molecule has 3 aromatic rings.